The maximum atomic E-state index is 12.7. The Kier molecular flexibility index (Phi) is 1.69. The molecule has 0 bridgehead atoms. The highest BCUT2D eigenvalue weighted by Gasteiger charge is 2.25. The van der Waals surface area contributed by atoms with Gasteiger partial charge in [0.05, 0.1) is 6.61 Å². The molecule has 0 radical (unpaired) electrons. The van der Waals surface area contributed by atoms with Crippen LogP contribution in [0.1, 0.15) is 11.7 Å². The lowest BCUT2D eigenvalue weighted by Gasteiger charge is -1.96. The minimum atomic E-state index is -0.218. The molecule has 0 spiro atoms. The molecule has 1 nitrogen and oxygen atoms in total. The average molecular weight is 217 g/mol. The van der Waals surface area contributed by atoms with Crippen molar-refractivity contribution in [1.82, 2.24) is 0 Å². The van der Waals surface area contributed by atoms with Gasteiger partial charge in [-0.05, 0) is 23.8 Å². The molecule has 58 valence electrons. The highest BCUT2D eigenvalue weighted by atomic mass is 79.9. The molecular formula is C8H6BrFO. The second-order valence-corrected chi connectivity index (χ2v) is 3.44. The standard InChI is InChI=1S/C8H6BrFO/c9-6-1-5(8-4-11-8)2-7(10)3-6/h1-3,8H,4H2. The Hall–Kier alpha value is -0.410. The number of rotatable bonds is 1. The van der Waals surface area contributed by atoms with Crippen molar-refractivity contribution >= 4 is 15.9 Å². The van der Waals surface area contributed by atoms with E-state index in [1.54, 1.807) is 0 Å². The van der Waals surface area contributed by atoms with Crippen molar-refractivity contribution < 1.29 is 9.13 Å². The highest BCUT2D eigenvalue weighted by molar-refractivity contribution is 9.10. The zero-order chi connectivity index (χ0) is 7.84. The maximum Gasteiger partial charge on any atom is 0.124 e. The molecule has 1 atom stereocenters. The van der Waals surface area contributed by atoms with Gasteiger partial charge in [0.2, 0.25) is 0 Å². The molecule has 1 aliphatic rings. The van der Waals surface area contributed by atoms with Crippen molar-refractivity contribution in [2.75, 3.05) is 6.61 Å². The third-order valence-corrected chi connectivity index (χ3v) is 2.05. The van der Waals surface area contributed by atoms with Crippen molar-refractivity contribution in [1.29, 1.82) is 0 Å². The summed E-state index contributed by atoms with van der Waals surface area (Å²) in [6, 6.07) is 4.81. The first-order valence-electron chi connectivity index (χ1n) is 3.33. The van der Waals surface area contributed by atoms with E-state index in [0.29, 0.717) is 0 Å². The van der Waals surface area contributed by atoms with Crippen molar-refractivity contribution in [3.05, 3.63) is 34.1 Å². The number of epoxide rings is 1. The first-order valence-corrected chi connectivity index (χ1v) is 4.12. The molecule has 1 aromatic rings. The lowest BCUT2D eigenvalue weighted by molar-refractivity contribution is 0.414. The molecule has 0 amide bonds. The predicted molar refractivity (Wildman–Crippen MR) is 42.8 cm³/mol. The summed E-state index contributed by atoms with van der Waals surface area (Å²) < 4.78 is 18.5. The summed E-state index contributed by atoms with van der Waals surface area (Å²) in [5.74, 6) is -0.218. The normalized spacial score (nSPS) is 21.8. The number of halogens is 2. The van der Waals surface area contributed by atoms with E-state index in [2.05, 4.69) is 15.9 Å². The van der Waals surface area contributed by atoms with Gasteiger partial charge >= 0.3 is 0 Å². The molecule has 1 saturated heterocycles. The Morgan fingerprint density at radius 2 is 2.18 bits per heavy atom. The third-order valence-electron chi connectivity index (χ3n) is 1.59. The summed E-state index contributed by atoms with van der Waals surface area (Å²) >= 11 is 3.21. The summed E-state index contributed by atoms with van der Waals surface area (Å²) in [6.45, 7) is 0.718. The molecule has 11 heavy (non-hydrogen) atoms. The number of hydrogen-bond donors (Lipinski definition) is 0. The van der Waals surface area contributed by atoms with E-state index in [1.165, 1.54) is 12.1 Å². The molecule has 1 heterocycles. The fourth-order valence-corrected chi connectivity index (χ4v) is 1.48. The van der Waals surface area contributed by atoms with Crippen molar-refractivity contribution in [2.45, 2.75) is 6.10 Å². The van der Waals surface area contributed by atoms with Crippen molar-refractivity contribution in [2.24, 2.45) is 0 Å². The van der Waals surface area contributed by atoms with E-state index >= 15 is 0 Å². The van der Waals surface area contributed by atoms with E-state index in [-0.39, 0.29) is 11.9 Å². The highest BCUT2D eigenvalue weighted by Crippen LogP contribution is 2.31. The van der Waals surface area contributed by atoms with Gasteiger partial charge in [0, 0.05) is 4.47 Å². The molecular weight excluding hydrogens is 211 g/mol. The topological polar surface area (TPSA) is 12.5 Å². The zero-order valence-electron chi connectivity index (χ0n) is 5.68. The van der Waals surface area contributed by atoms with Crippen LogP contribution in [0, 0.1) is 5.82 Å². The van der Waals surface area contributed by atoms with Crippen LogP contribution in [0.5, 0.6) is 0 Å². The van der Waals surface area contributed by atoms with Gasteiger partial charge in [0.25, 0.3) is 0 Å². The van der Waals surface area contributed by atoms with Crippen LogP contribution in [0.4, 0.5) is 4.39 Å². The van der Waals surface area contributed by atoms with Crippen LogP contribution in [0.2, 0.25) is 0 Å². The van der Waals surface area contributed by atoms with E-state index in [9.17, 15) is 4.39 Å². The van der Waals surface area contributed by atoms with E-state index in [0.717, 1.165) is 16.6 Å². The SMILES string of the molecule is Fc1cc(Br)cc(C2CO2)c1. The quantitative estimate of drug-likeness (QED) is 0.658. The molecule has 0 saturated carbocycles. The molecule has 0 N–H and O–H groups in total. The monoisotopic (exact) mass is 216 g/mol. The summed E-state index contributed by atoms with van der Waals surface area (Å²) in [4.78, 5) is 0. The molecule has 1 aromatic carbocycles. The Morgan fingerprint density at radius 1 is 1.45 bits per heavy atom. The molecule has 1 aliphatic heterocycles. The summed E-state index contributed by atoms with van der Waals surface area (Å²) in [5, 5.41) is 0. The van der Waals surface area contributed by atoms with Crippen molar-refractivity contribution in [3.8, 4) is 0 Å². The number of hydrogen-bond acceptors (Lipinski definition) is 1. The smallest absolute Gasteiger partial charge is 0.124 e. The first-order chi connectivity index (χ1) is 5.25. The van der Waals surface area contributed by atoms with Gasteiger partial charge in [0.1, 0.15) is 11.9 Å². The minimum Gasteiger partial charge on any atom is -0.368 e. The summed E-state index contributed by atoms with van der Waals surface area (Å²) in [7, 11) is 0. The molecule has 1 unspecified atom stereocenters. The second kappa shape index (κ2) is 2.57. The van der Waals surface area contributed by atoms with Crippen LogP contribution in [-0.4, -0.2) is 6.61 Å². The van der Waals surface area contributed by atoms with Crippen LogP contribution in [0.25, 0.3) is 0 Å². The molecule has 1 fully saturated rings. The fraction of sp³-hybridized carbons (Fsp3) is 0.250. The zero-order valence-corrected chi connectivity index (χ0v) is 7.27. The molecule has 0 aliphatic carbocycles. The van der Waals surface area contributed by atoms with E-state index in [1.807, 2.05) is 6.07 Å². The fourth-order valence-electron chi connectivity index (χ4n) is 1.00. The Balaban J connectivity index is 2.39. The van der Waals surface area contributed by atoms with Gasteiger partial charge in [-0.25, -0.2) is 4.39 Å². The van der Waals surface area contributed by atoms with Gasteiger partial charge in [0.15, 0.2) is 0 Å². The molecule has 2 rings (SSSR count). The summed E-state index contributed by atoms with van der Waals surface area (Å²) in [5.41, 5.74) is 0.914. The van der Waals surface area contributed by atoms with Gasteiger partial charge in [-0.2, -0.15) is 0 Å². The van der Waals surface area contributed by atoms with Gasteiger partial charge in [-0.3, -0.25) is 0 Å². The van der Waals surface area contributed by atoms with Gasteiger partial charge in [-0.15, -0.1) is 0 Å². The van der Waals surface area contributed by atoms with E-state index in [4.69, 9.17) is 4.74 Å². The second-order valence-electron chi connectivity index (χ2n) is 2.52. The largest absolute Gasteiger partial charge is 0.368 e. The van der Waals surface area contributed by atoms with Crippen LogP contribution in [-0.2, 0) is 4.74 Å². The lowest BCUT2D eigenvalue weighted by atomic mass is 10.2. The summed E-state index contributed by atoms with van der Waals surface area (Å²) in [6.07, 6.45) is 0.127. The Labute approximate surface area is 72.3 Å². The first kappa shape index (κ1) is 7.25. The number of ether oxygens (including phenoxy) is 1. The minimum absolute atomic E-state index is 0.127. The molecule has 0 aromatic heterocycles. The van der Waals surface area contributed by atoms with Crippen LogP contribution in [0.3, 0.4) is 0 Å². The van der Waals surface area contributed by atoms with Crippen LogP contribution >= 0.6 is 15.9 Å². The average Bonchev–Trinajstić information content (AvgIpc) is 2.64. The van der Waals surface area contributed by atoms with Crippen molar-refractivity contribution in [3.63, 3.8) is 0 Å². The third kappa shape index (κ3) is 1.60. The van der Waals surface area contributed by atoms with Gasteiger partial charge in [-0.1, -0.05) is 15.9 Å². The molecule has 3 heteroatoms. The maximum absolute atomic E-state index is 12.7. The number of benzene rings is 1. The Morgan fingerprint density at radius 3 is 2.73 bits per heavy atom. The van der Waals surface area contributed by atoms with Crippen LogP contribution in [0.15, 0.2) is 22.7 Å². The Bertz CT molecular complexity index is 263. The van der Waals surface area contributed by atoms with E-state index < -0.39 is 0 Å². The van der Waals surface area contributed by atoms with Gasteiger partial charge < -0.3 is 4.74 Å². The lowest BCUT2D eigenvalue weighted by Crippen LogP contribution is -1.83. The van der Waals surface area contributed by atoms with Crippen LogP contribution < -0.4 is 0 Å². The predicted octanol–water partition coefficient (Wildman–Crippen LogP) is 2.66.